The van der Waals surface area contributed by atoms with E-state index in [2.05, 4.69) is 9.73 Å². The molecule has 0 spiro atoms. The predicted octanol–water partition coefficient (Wildman–Crippen LogP) is -0.334. The first-order valence-electron chi connectivity index (χ1n) is 5.09. The SMILES string of the molecule is COC(=O)C1=CC=CC(=S(=O)=O)C1N=CN(C)C. The van der Waals surface area contributed by atoms with Crippen molar-refractivity contribution in [1.29, 1.82) is 0 Å². The van der Waals surface area contributed by atoms with E-state index in [0.29, 0.717) is 0 Å². The van der Waals surface area contributed by atoms with Crippen molar-refractivity contribution in [3.05, 3.63) is 23.8 Å². The molecule has 0 fully saturated rings. The fourth-order valence-electron chi connectivity index (χ4n) is 1.38. The smallest absolute Gasteiger partial charge is 0.336 e. The largest absolute Gasteiger partial charge is 0.466 e. The van der Waals surface area contributed by atoms with Crippen LogP contribution in [0.1, 0.15) is 0 Å². The Balaban J connectivity index is 3.24. The van der Waals surface area contributed by atoms with Crippen LogP contribution in [-0.2, 0) is 19.8 Å². The maximum Gasteiger partial charge on any atom is 0.336 e. The number of carbonyl (C=O) groups is 1. The van der Waals surface area contributed by atoms with Gasteiger partial charge in [-0.25, -0.2) is 4.79 Å². The Labute approximate surface area is 107 Å². The summed E-state index contributed by atoms with van der Waals surface area (Å²) in [6.07, 6.45) is 5.85. The van der Waals surface area contributed by atoms with Crippen LogP contribution in [0.5, 0.6) is 0 Å². The van der Waals surface area contributed by atoms with Gasteiger partial charge in [0.25, 0.3) is 0 Å². The fraction of sp³-hybridized carbons (Fsp3) is 0.364. The van der Waals surface area contributed by atoms with Crippen LogP contribution >= 0.6 is 0 Å². The van der Waals surface area contributed by atoms with Gasteiger partial charge < -0.3 is 9.64 Å². The molecule has 0 aromatic heterocycles. The Morgan fingerprint density at radius 3 is 2.67 bits per heavy atom. The summed E-state index contributed by atoms with van der Waals surface area (Å²) in [5.74, 6) is -0.594. The summed E-state index contributed by atoms with van der Waals surface area (Å²) >= 11 is 0. The van der Waals surface area contributed by atoms with Crippen molar-refractivity contribution >= 4 is 27.5 Å². The van der Waals surface area contributed by atoms with Crippen LogP contribution < -0.4 is 0 Å². The lowest BCUT2D eigenvalue weighted by Crippen LogP contribution is -2.29. The molecule has 6 nitrogen and oxygen atoms in total. The number of hydrogen-bond donors (Lipinski definition) is 0. The Bertz CT molecular complexity index is 548. The third-order valence-electron chi connectivity index (χ3n) is 2.16. The lowest BCUT2D eigenvalue weighted by Gasteiger charge is -2.16. The molecular weight excluding hydrogens is 256 g/mol. The highest BCUT2D eigenvalue weighted by molar-refractivity contribution is 7.73. The molecule has 1 aliphatic rings. The van der Waals surface area contributed by atoms with E-state index in [1.54, 1.807) is 19.0 Å². The molecule has 0 radical (unpaired) electrons. The van der Waals surface area contributed by atoms with Crippen molar-refractivity contribution in [2.24, 2.45) is 4.99 Å². The van der Waals surface area contributed by atoms with E-state index in [0.717, 1.165) is 0 Å². The van der Waals surface area contributed by atoms with Crippen LogP contribution in [0.15, 0.2) is 28.8 Å². The Hall–Kier alpha value is -1.89. The number of ether oxygens (including phenoxy) is 1. The van der Waals surface area contributed by atoms with Gasteiger partial charge in [0.05, 0.1) is 19.0 Å². The monoisotopic (exact) mass is 270 g/mol. The quantitative estimate of drug-likeness (QED) is 0.304. The zero-order valence-corrected chi connectivity index (χ0v) is 11.1. The summed E-state index contributed by atoms with van der Waals surface area (Å²) in [4.78, 5) is 17.3. The molecule has 0 saturated heterocycles. The molecule has 1 atom stereocenters. The minimum atomic E-state index is -2.44. The molecule has 98 valence electrons. The van der Waals surface area contributed by atoms with E-state index in [9.17, 15) is 13.2 Å². The molecule has 1 rings (SSSR count). The minimum Gasteiger partial charge on any atom is -0.466 e. The summed E-state index contributed by atoms with van der Waals surface area (Å²) < 4.78 is 26.8. The third-order valence-corrected chi connectivity index (χ3v) is 2.90. The number of aliphatic imine (C=N–C) groups is 1. The first kappa shape index (κ1) is 14.2. The third kappa shape index (κ3) is 3.30. The van der Waals surface area contributed by atoms with Crippen LogP contribution in [0, 0.1) is 0 Å². The van der Waals surface area contributed by atoms with Crippen molar-refractivity contribution in [2.75, 3.05) is 21.2 Å². The second kappa shape index (κ2) is 6.15. The normalized spacial score (nSPS) is 18.7. The maximum atomic E-state index is 11.6. The Morgan fingerprint density at radius 1 is 1.50 bits per heavy atom. The number of hydrogen-bond acceptors (Lipinski definition) is 5. The van der Waals surface area contributed by atoms with E-state index in [1.807, 2.05) is 0 Å². The van der Waals surface area contributed by atoms with Crippen LogP contribution in [0.3, 0.4) is 0 Å². The predicted molar refractivity (Wildman–Crippen MR) is 69.1 cm³/mol. The van der Waals surface area contributed by atoms with Gasteiger partial charge in [-0.05, 0) is 12.2 Å². The van der Waals surface area contributed by atoms with Crippen LogP contribution in [0.2, 0.25) is 0 Å². The van der Waals surface area contributed by atoms with Gasteiger partial charge in [0, 0.05) is 14.1 Å². The number of rotatable bonds is 3. The summed E-state index contributed by atoms with van der Waals surface area (Å²) in [7, 11) is 2.30. The molecule has 0 amide bonds. The van der Waals surface area contributed by atoms with Gasteiger partial charge >= 0.3 is 5.97 Å². The van der Waals surface area contributed by atoms with Gasteiger partial charge in [0.1, 0.15) is 10.9 Å². The highest BCUT2D eigenvalue weighted by Gasteiger charge is 2.27. The Kier molecular flexibility index (Phi) is 4.85. The van der Waals surface area contributed by atoms with Crippen molar-refractivity contribution in [3.8, 4) is 0 Å². The first-order chi connectivity index (χ1) is 8.47. The first-order valence-corrected chi connectivity index (χ1v) is 6.17. The summed E-state index contributed by atoms with van der Waals surface area (Å²) in [5.41, 5.74) is 0.192. The average molecular weight is 270 g/mol. The van der Waals surface area contributed by atoms with Gasteiger partial charge in [-0.1, -0.05) is 6.08 Å². The Morgan fingerprint density at radius 2 is 2.17 bits per heavy atom. The van der Waals surface area contributed by atoms with Crippen LogP contribution in [0.4, 0.5) is 0 Å². The summed E-state index contributed by atoms with van der Waals surface area (Å²) in [6.45, 7) is 0. The molecule has 0 bridgehead atoms. The van der Waals surface area contributed by atoms with E-state index in [4.69, 9.17) is 0 Å². The molecule has 0 heterocycles. The highest BCUT2D eigenvalue weighted by atomic mass is 32.2. The number of methoxy groups -OCH3 is 1. The standard InChI is InChI=1S/C11H14N2O4S/c1-13(2)7-12-10-8(11(14)17-3)5-4-6-9(10)18(15)16/h4-7,10H,1-3H3. The fourth-order valence-corrected chi connectivity index (χ4v) is 1.94. The molecule has 0 aliphatic heterocycles. The molecule has 0 aromatic rings. The van der Waals surface area contributed by atoms with Gasteiger partial charge in [-0.2, -0.15) is 8.42 Å². The van der Waals surface area contributed by atoms with Crippen molar-refractivity contribution in [2.45, 2.75) is 6.04 Å². The molecule has 0 saturated carbocycles. The van der Waals surface area contributed by atoms with E-state index < -0.39 is 22.3 Å². The number of nitrogens with zero attached hydrogens (tertiary/aromatic N) is 2. The maximum absolute atomic E-state index is 11.6. The molecule has 1 unspecified atom stereocenters. The minimum absolute atomic E-state index is 0.0380. The zero-order chi connectivity index (χ0) is 13.7. The topological polar surface area (TPSA) is 76.0 Å². The average Bonchev–Trinajstić information content (AvgIpc) is 2.34. The molecule has 7 heteroatoms. The second-order valence-electron chi connectivity index (χ2n) is 3.74. The molecule has 0 N–H and O–H groups in total. The second-order valence-corrected chi connectivity index (χ2v) is 4.68. The summed E-state index contributed by atoms with van der Waals surface area (Å²) in [5, 5.41) is 0. The van der Waals surface area contributed by atoms with Crippen molar-refractivity contribution in [3.63, 3.8) is 0 Å². The highest BCUT2D eigenvalue weighted by Crippen LogP contribution is 2.16. The van der Waals surface area contributed by atoms with Gasteiger partial charge in [-0.15, -0.1) is 0 Å². The van der Waals surface area contributed by atoms with Crippen molar-refractivity contribution in [1.82, 2.24) is 4.90 Å². The lowest BCUT2D eigenvalue weighted by molar-refractivity contribution is -0.136. The van der Waals surface area contributed by atoms with Gasteiger partial charge in [-0.3, -0.25) is 4.99 Å². The molecule has 1 aliphatic carbocycles. The molecule has 0 aromatic carbocycles. The van der Waals surface area contributed by atoms with E-state index in [1.165, 1.54) is 31.7 Å². The van der Waals surface area contributed by atoms with E-state index >= 15 is 0 Å². The van der Waals surface area contributed by atoms with Crippen LogP contribution in [0.25, 0.3) is 0 Å². The summed E-state index contributed by atoms with van der Waals surface area (Å²) in [6, 6.07) is -0.858. The van der Waals surface area contributed by atoms with Crippen LogP contribution in [-0.4, -0.2) is 57.7 Å². The van der Waals surface area contributed by atoms with E-state index in [-0.39, 0.29) is 10.4 Å². The lowest BCUT2D eigenvalue weighted by atomic mass is 9.99. The van der Waals surface area contributed by atoms with Gasteiger partial charge in [0.2, 0.25) is 10.3 Å². The number of allylic oxidation sites excluding steroid dienone is 2. The zero-order valence-electron chi connectivity index (χ0n) is 10.3. The molecule has 18 heavy (non-hydrogen) atoms. The number of carbonyl (C=O) groups excluding carboxylic acids is 1. The molecular formula is C11H14N2O4S. The van der Waals surface area contributed by atoms with Gasteiger partial charge in [0.15, 0.2) is 0 Å². The number of esters is 1. The van der Waals surface area contributed by atoms with Crippen molar-refractivity contribution < 1.29 is 17.9 Å².